The molecule has 1 aliphatic heterocycles. The van der Waals surface area contributed by atoms with Crippen molar-refractivity contribution in [2.45, 2.75) is 19.4 Å². The molecule has 8 heteroatoms. The molecule has 1 aliphatic rings. The minimum absolute atomic E-state index is 0.00956. The van der Waals surface area contributed by atoms with Crippen LogP contribution in [-0.2, 0) is 20.9 Å². The van der Waals surface area contributed by atoms with Crippen molar-refractivity contribution in [3.63, 3.8) is 0 Å². The first-order chi connectivity index (χ1) is 14.1. The Morgan fingerprint density at radius 1 is 1.14 bits per heavy atom. The molecule has 1 saturated heterocycles. The minimum Gasteiger partial charge on any atom is -0.469 e. The molecule has 29 heavy (non-hydrogen) atoms. The van der Waals surface area contributed by atoms with Crippen LogP contribution in [0.25, 0.3) is 10.6 Å². The highest BCUT2D eigenvalue weighted by Crippen LogP contribution is 2.24. The normalized spacial score (nSPS) is 15.2. The lowest BCUT2D eigenvalue weighted by Gasteiger charge is -2.33. The van der Waals surface area contributed by atoms with Crippen LogP contribution in [0, 0.1) is 0 Å². The second-order valence-corrected chi connectivity index (χ2v) is 7.95. The molecular weight excluding hydrogens is 388 g/mol. The van der Waals surface area contributed by atoms with Crippen molar-refractivity contribution in [3.05, 3.63) is 41.4 Å². The predicted molar refractivity (Wildman–Crippen MR) is 114 cm³/mol. The molecular formula is C21H28N4O3S. The molecule has 7 nitrogen and oxygen atoms in total. The molecule has 0 spiro atoms. The summed E-state index contributed by atoms with van der Waals surface area (Å²) < 4.78 is 4.59. The van der Waals surface area contributed by atoms with E-state index >= 15 is 0 Å². The number of ether oxygens (including phenoxy) is 1. The minimum atomic E-state index is -0.244. The van der Waals surface area contributed by atoms with Gasteiger partial charge >= 0.3 is 5.97 Å². The second-order valence-electron chi connectivity index (χ2n) is 7.09. The summed E-state index contributed by atoms with van der Waals surface area (Å²) in [5, 5.41) is 6.06. The molecule has 0 radical (unpaired) electrons. The average Bonchev–Trinajstić information content (AvgIpc) is 3.21. The van der Waals surface area contributed by atoms with Crippen molar-refractivity contribution in [1.29, 1.82) is 0 Å². The number of hydrogen-bond acceptors (Lipinski definition) is 7. The van der Waals surface area contributed by atoms with Crippen LogP contribution in [0.4, 0.5) is 0 Å². The number of aromatic nitrogens is 1. The van der Waals surface area contributed by atoms with Gasteiger partial charge in [0.2, 0.25) is 5.91 Å². The molecule has 3 rings (SSSR count). The van der Waals surface area contributed by atoms with Crippen LogP contribution in [0.2, 0.25) is 0 Å². The second kappa shape index (κ2) is 11.0. The van der Waals surface area contributed by atoms with Gasteiger partial charge in [-0.3, -0.25) is 19.4 Å². The fourth-order valence-corrected chi connectivity index (χ4v) is 4.07. The number of thiazole rings is 1. The first-order valence-corrected chi connectivity index (χ1v) is 10.8. The van der Waals surface area contributed by atoms with Gasteiger partial charge in [0, 0.05) is 56.6 Å². The van der Waals surface area contributed by atoms with Gasteiger partial charge in [0.15, 0.2) is 0 Å². The highest BCUT2D eigenvalue weighted by Gasteiger charge is 2.19. The van der Waals surface area contributed by atoms with Gasteiger partial charge in [-0.1, -0.05) is 30.3 Å². The van der Waals surface area contributed by atoms with E-state index in [1.165, 1.54) is 7.11 Å². The number of nitrogens with one attached hydrogen (secondary N) is 1. The van der Waals surface area contributed by atoms with Gasteiger partial charge in [-0.25, -0.2) is 4.98 Å². The SMILES string of the molecule is COC(=O)CCCNC(=O)CN1CCN(Cc2csc(-c3ccccc3)n2)CC1. The summed E-state index contributed by atoms with van der Waals surface area (Å²) in [6, 6.07) is 10.2. The van der Waals surface area contributed by atoms with Crippen LogP contribution in [0.1, 0.15) is 18.5 Å². The number of piperazine rings is 1. The van der Waals surface area contributed by atoms with Crippen LogP contribution < -0.4 is 5.32 Å². The molecule has 1 fully saturated rings. The number of methoxy groups -OCH3 is 1. The number of carbonyl (C=O) groups excluding carboxylic acids is 2. The van der Waals surface area contributed by atoms with E-state index in [0.717, 1.165) is 49.0 Å². The zero-order valence-electron chi connectivity index (χ0n) is 16.8. The molecule has 0 unspecified atom stereocenters. The van der Waals surface area contributed by atoms with Crippen LogP contribution >= 0.6 is 11.3 Å². The van der Waals surface area contributed by atoms with Gasteiger partial charge in [0.1, 0.15) is 5.01 Å². The van der Waals surface area contributed by atoms with Crippen molar-refractivity contribution in [3.8, 4) is 10.6 Å². The van der Waals surface area contributed by atoms with Gasteiger partial charge in [0.05, 0.1) is 19.3 Å². The van der Waals surface area contributed by atoms with Crippen LogP contribution in [0.5, 0.6) is 0 Å². The maximum Gasteiger partial charge on any atom is 0.305 e. The summed E-state index contributed by atoms with van der Waals surface area (Å²) in [5.41, 5.74) is 2.26. The van der Waals surface area contributed by atoms with Crippen LogP contribution in [0.3, 0.4) is 0 Å². The van der Waals surface area contributed by atoms with Gasteiger partial charge < -0.3 is 10.1 Å². The largest absolute Gasteiger partial charge is 0.469 e. The van der Waals surface area contributed by atoms with Crippen LogP contribution in [-0.4, -0.2) is 73.0 Å². The number of carbonyl (C=O) groups is 2. The van der Waals surface area contributed by atoms with Crippen molar-refractivity contribution >= 4 is 23.2 Å². The van der Waals surface area contributed by atoms with Gasteiger partial charge in [-0.15, -0.1) is 11.3 Å². The van der Waals surface area contributed by atoms with E-state index in [-0.39, 0.29) is 11.9 Å². The van der Waals surface area contributed by atoms with Crippen molar-refractivity contribution in [2.75, 3.05) is 46.4 Å². The lowest BCUT2D eigenvalue weighted by atomic mass is 10.2. The highest BCUT2D eigenvalue weighted by molar-refractivity contribution is 7.13. The van der Waals surface area contributed by atoms with Gasteiger partial charge in [0.25, 0.3) is 0 Å². The standard InChI is InChI=1S/C21H28N4O3S/c1-28-20(27)8-5-9-22-19(26)15-25-12-10-24(11-13-25)14-18-16-29-21(23-18)17-6-3-2-4-7-17/h2-4,6-7,16H,5,8-15H2,1H3,(H,22,26). The summed E-state index contributed by atoms with van der Waals surface area (Å²) in [7, 11) is 1.37. The van der Waals surface area contributed by atoms with E-state index in [1.807, 2.05) is 18.2 Å². The number of nitrogens with zero attached hydrogens (tertiary/aromatic N) is 3. The Labute approximate surface area is 175 Å². The molecule has 1 amide bonds. The summed E-state index contributed by atoms with van der Waals surface area (Å²) >= 11 is 1.68. The third kappa shape index (κ3) is 6.92. The van der Waals surface area contributed by atoms with E-state index in [4.69, 9.17) is 4.98 Å². The maximum absolute atomic E-state index is 12.0. The molecule has 2 aromatic rings. The number of hydrogen-bond donors (Lipinski definition) is 1. The zero-order valence-corrected chi connectivity index (χ0v) is 17.6. The highest BCUT2D eigenvalue weighted by atomic mass is 32.1. The first kappa shape index (κ1) is 21.4. The fraction of sp³-hybridized carbons (Fsp3) is 0.476. The zero-order chi connectivity index (χ0) is 20.5. The predicted octanol–water partition coefficient (Wildman–Crippen LogP) is 2.00. The Kier molecular flexibility index (Phi) is 8.15. The van der Waals surface area contributed by atoms with Crippen molar-refractivity contribution in [1.82, 2.24) is 20.1 Å². The Hall–Kier alpha value is -2.29. The Morgan fingerprint density at radius 3 is 2.59 bits per heavy atom. The Balaban J connectivity index is 1.35. The van der Waals surface area contributed by atoms with Gasteiger partial charge in [-0.05, 0) is 6.42 Å². The molecule has 1 aromatic heterocycles. The number of esters is 1. The quantitative estimate of drug-likeness (QED) is 0.498. The van der Waals surface area contributed by atoms with Gasteiger partial charge in [-0.2, -0.15) is 0 Å². The summed E-state index contributed by atoms with van der Waals surface area (Å²) in [4.78, 5) is 32.4. The lowest BCUT2D eigenvalue weighted by Crippen LogP contribution is -2.49. The molecule has 0 bridgehead atoms. The number of rotatable bonds is 9. The summed E-state index contributed by atoms with van der Waals surface area (Å²) in [6.07, 6.45) is 0.933. The third-order valence-corrected chi connectivity index (χ3v) is 5.84. The van der Waals surface area contributed by atoms with E-state index < -0.39 is 0 Å². The average molecular weight is 417 g/mol. The van der Waals surface area contributed by atoms with E-state index in [0.29, 0.717) is 25.9 Å². The monoisotopic (exact) mass is 416 g/mol. The van der Waals surface area contributed by atoms with Crippen molar-refractivity contribution in [2.24, 2.45) is 0 Å². The summed E-state index contributed by atoms with van der Waals surface area (Å²) in [6.45, 7) is 5.33. The van der Waals surface area contributed by atoms with E-state index in [1.54, 1.807) is 11.3 Å². The first-order valence-electron chi connectivity index (χ1n) is 9.92. The Morgan fingerprint density at radius 2 is 1.86 bits per heavy atom. The lowest BCUT2D eigenvalue weighted by molar-refractivity contribution is -0.140. The molecule has 1 N–H and O–H groups in total. The molecule has 0 aliphatic carbocycles. The molecule has 2 heterocycles. The molecule has 156 valence electrons. The van der Waals surface area contributed by atoms with Crippen LogP contribution in [0.15, 0.2) is 35.7 Å². The van der Waals surface area contributed by atoms with Crippen molar-refractivity contribution < 1.29 is 14.3 Å². The fourth-order valence-electron chi connectivity index (χ4n) is 3.25. The smallest absolute Gasteiger partial charge is 0.305 e. The van der Waals surface area contributed by atoms with E-state index in [2.05, 4.69) is 37.4 Å². The molecule has 0 atom stereocenters. The molecule has 0 saturated carbocycles. The van der Waals surface area contributed by atoms with E-state index in [9.17, 15) is 9.59 Å². The Bertz CT molecular complexity index is 788. The topological polar surface area (TPSA) is 74.8 Å². The maximum atomic E-state index is 12.0. The summed E-state index contributed by atoms with van der Waals surface area (Å²) in [5.74, 6) is -0.235. The molecule has 1 aromatic carbocycles. The number of benzene rings is 1. The third-order valence-electron chi connectivity index (χ3n) is 4.90. The number of amides is 1.